The van der Waals surface area contributed by atoms with Gasteiger partial charge in [-0.15, -0.1) is 11.3 Å². The SMILES string of the molecule is O=C(CSc1nc2ccccc2s1)Nc1cc(C(=O)O)ccc1C(=O)O. The Labute approximate surface area is 155 Å². The minimum atomic E-state index is -1.25. The summed E-state index contributed by atoms with van der Waals surface area (Å²) < 4.78 is 1.73. The number of para-hydroxylation sites is 1. The summed E-state index contributed by atoms with van der Waals surface area (Å²) in [6.45, 7) is 0. The largest absolute Gasteiger partial charge is 0.478 e. The Kier molecular flexibility index (Phi) is 5.19. The molecule has 7 nitrogen and oxygen atoms in total. The van der Waals surface area contributed by atoms with Crippen molar-refractivity contribution in [2.24, 2.45) is 0 Å². The van der Waals surface area contributed by atoms with Gasteiger partial charge in [-0.3, -0.25) is 4.79 Å². The molecule has 0 radical (unpaired) electrons. The van der Waals surface area contributed by atoms with E-state index in [-0.39, 0.29) is 22.6 Å². The minimum Gasteiger partial charge on any atom is -0.478 e. The lowest BCUT2D eigenvalue weighted by Crippen LogP contribution is -2.17. The number of benzene rings is 2. The van der Waals surface area contributed by atoms with Crippen LogP contribution < -0.4 is 5.32 Å². The Balaban J connectivity index is 1.71. The first-order valence-corrected chi connectivity index (χ1v) is 9.13. The molecule has 0 bridgehead atoms. The molecule has 3 N–H and O–H groups in total. The molecule has 0 aliphatic heterocycles. The van der Waals surface area contributed by atoms with E-state index in [1.807, 2.05) is 24.3 Å². The van der Waals surface area contributed by atoms with Crippen molar-refractivity contribution in [1.29, 1.82) is 0 Å². The lowest BCUT2D eigenvalue weighted by Gasteiger charge is -2.09. The number of rotatable bonds is 6. The maximum atomic E-state index is 12.2. The fraction of sp³-hybridized carbons (Fsp3) is 0.0588. The van der Waals surface area contributed by atoms with Crippen molar-refractivity contribution in [2.75, 3.05) is 11.1 Å². The highest BCUT2D eigenvalue weighted by atomic mass is 32.2. The lowest BCUT2D eigenvalue weighted by atomic mass is 10.1. The molecule has 1 heterocycles. The topological polar surface area (TPSA) is 117 Å². The van der Waals surface area contributed by atoms with Crippen molar-refractivity contribution in [2.45, 2.75) is 4.34 Å². The molecular formula is C17H12N2O5S2. The third-order valence-electron chi connectivity index (χ3n) is 3.37. The Bertz CT molecular complexity index is 982. The summed E-state index contributed by atoms with van der Waals surface area (Å²) in [5.74, 6) is -2.88. The summed E-state index contributed by atoms with van der Waals surface area (Å²) in [5, 5.41) is 20.7. The highest BCUT2D eigenvalue weighted by Gasteiger charge is 2.16. The number of carboxylic acid groups (broad SMARTS) is 2. The summed E-state index contributed by atoms with van der Waals surface area (Å²) in [6, 6.07) is 11.1. The van der Waals surface area contributed by atoms with Crippen molar-refractivity contribution in [3.8, 4) is 0 Å². The fourth-order valence-corrected chi connectivity index (χ4v) is 4.06. The number of carbonyl (C=O) groups excluding carboxylic acids is 1. The molecule has 26 heavy (non-hydrogen) atoms. The van der Waals surface area contributed by atoms with Gasteiger partial charge in [0.05, 0.1) is 32.8 Å². The van der Waals surface area contributed by atoms with E-state index in [4.69, 9.17) is 5.11 Å². The molecule has 9 heteroatoms. The van der Waals surface area contributed by atoms with E-state index in [1.165, 1.54) is 29.2 Å². The number of aromatic nitrogens is 1. The van der Waals surface area contributed by atoms with Crippen LogP contribution in [-0.4, -0.2) is 38.8 Å². The van der Waals surface area contributed by atoms with Crippen LogP contribution in [0.4, 0.5) is 5.69 Å². The predicted molar refractivity (Wildman–Crippen MR) is 99.3 cm³/mol. The standard InChI is InChI=1S/C17H12N2O5S2/c20-14(8-25-17-19-11-3-1-2-4-13(11)26-17)18-12-7-9(15(21)22)5-6-10(12)16(23)24/h1-7H,8H2,(H,18,20)(H,21,22)(H,23,24). The van der Waals surface area contributed by atoms with E-state index in [9.17, 15) is 19.5 Å². The minimum absolute atomic E-state index is 0.0240. The zero-order chi connectivity index (χ0) is 18.7. The zero-order valence-electron chi connectivity index (χ0n) is 13.1. The van der Waals surface area contributed by atoms with Gasteiger partial charge in [0.25, 0.3) is 0 Å². The van der Waals surface area contributed by atoms with Crippen LogP contribution in [0.25, 0.3) is 10.2 Å². The highest BCUT2D eigenvalue weighted by Crippen LogP contribution is 2.29. The molecule has 1 amide bonds. The molecule has 132 valence electrons. The number of nitrogens with zero attached hydrogens (tertiary/aromatic N) is 1. The van der Waals surface area contributed by atoms with Crippen LogP contribution in [0.15, 0.2) is 46.8 Å². The van der Waals surface area contributed by atoms with Gasteiger partial charge in [0.2, 0.25) is 5.91 Å². The van der Waals surface area contributed by atoms with Crippen LogP contribution in [0.5, 0.6) is 0 Å². The number of carboxylic acids is 2. The third kappa shape index (κ3) is 4.01. The van der Waals surface area contributed by atoms with Gasteiger partial charge in [0.1, 0.15) is 0 Å². The molecule has 0 fully saturated rings. The molecule has 0 aliphatic rings. The van der Waals surface area contributed by atoms with Gasteiger partial charge in [-0.2, -0.15) is 0 Å². The van der Waals surface area contributed by atoms with E-state index >= 15 is 0 Å². The van der Waals surface area contributed by atoms with Crippen molar-refractivity contribution in [3.63, 3.8) is 0 Å². The second-order valence-electron chi connectivity index (χ2n) is 5.16. The van der Waals surface area contributed by atoms with Crippen LogP contribution in [0.1, 0.15) is 20.7 Å². The monoisotopic (exact) mass is 388 g/mol. The van der Waals surface area contributed by atoms with Crippen molar-refractivity contribution >= 4 is 56.8 Å². The fourth-order valence-electron chi connectivity index (χ4n) is 2.19. The first-order chi connectivity index (χ1) is 12.4. The lowest BCUT2D eigenvalue weighted by molar-refractivity contribution is -0.113. The Morgan fingerprint density at radius 2 is 1.85 bits per heavy atom. The summed E-state index contributed by atoms with van der Waals surface area (Å²) in [4.78, 5) is 38.9. The summed E-state index contributed by atoms with van der Waals surface area (Å²) in [7, 11) is 0. The number of thioether (sulfide) groups is 1. The van der Waals surface area contributed by atoms with Gasteiger partial charge >= 0.3 is 11.9 Å². The third-order valence-corrected chi connectivity index (χ3v) is 5.55. The Morgan fingerprint density at radius 1 is 1.08 bits per heavy atom. The molecule has 2 aromatic carbocycles. The number of anilines is 1. The maximum Gasteiger partial charge on any atom is 0.337 e. The van der Waals surface area contributed by atoms with Crippen molar-refractivity contribution < 1.29 is 24.6 Å². The zero-order valence-corrected chi connectivity index (χ0v) is 14.8. The Hall–Kier alpha value is -2.91. The number of aromatic carboxylic acids is 2. The summed E-state index contributed by atoms with van der Waals surface area (Å²) >= 11 is 2.69. The van der Waals surface area contributed by atoms with Gasteiger partial charge in [-0.1, -0.05) is 23.9 Å². The van der Waals surface area contributed by atoms with E-state index in [0.29, 0.717) is 0 Å². The van der Waals surface area contributed by atoms with Crippen LogP contribution in [0.3, 0.4) is 0 Å². The van der Waals surface area contributed by atoms with Crippen LogP contribution in [0, 0.1) is 0 Å². The van der Waals surface area contributed by atoms with E-state index in [0.717, 1.165) is 26.7 Å². The van der Waals surface area contributed by atoms with Gasteiger partial charge in [0, 0.05) is 0 Å². The van der Waals surface area contributed by atoms with E-state index < -0.39 is 17.8 Å². The number of carbonyl (C=O) groups is 3. The van der Waals surface area contributed by atoms with Crippen LogP contribution >= 0.6 is 23.1 Å². The maximum absolute atomic E-state index is 12.2. The first-order valence-electron chi connectivity index (χ1n) is 7.33. The van der Waals surface area contributed by atoms with Crippen LogP contribution in [-0.2, 0) is 4.79 Å². The second kappa shape index (κ2) is 7.54. The van der Waals surface area contributed by atoms with Gasteiger partial charge < -0.3 is 15.5 Å². The molecule has 0 saturated carbocycles. The van der Waals surface area contributed by atoms with Gasteiger partial charge in [0.15, 0.2) is 4.34 Å². The first kappa shape index (κ1) is 17.9. The number of hydrogen-bond donors (Lipinski definition) is 3. The molecule has 3 aromatic rings. The van der Waals surface area contributed by atoms with Crippen molar-refractivity contribution in [3.05, 3.63) is 53.6 Å². The molecule has 1 aromatic heterocycles. The van der Waals surface area contributed by atoms with Gasteiger partial charge in [-0.05, 0) is 30.3 Å². The van der Waals surface area contributed by atoms with E-state index in [1.54, 1.807) is 0 Å². The number of fused-ring (bicyclic) bond motifs is 1. The predicted octanol–water partition coefficient (Wildman–Crippen LogP) is 3.42. The quantitative estimate of drug-likeness (QED) is 0.554. The number of thiazole rings is 1. The van der Waals surface area contributed by atoms with E-state index in [2.05, 4.69) is 10.3 Å². The second-order valence-corrected chi connectivity index (χ2v) is 7.41. The smallest absolute Gasteiger partial charge is 0.337 e. The molecule has 0 aliphatic carbocycles. The Morgan fingerprint density at radius 3 is 2.54 bits per heavy atom. The number of amides is 1. The van der Waals surface area contributed by atoms with Gasteiger partial charge in [-0.25, -0.2) is 14.6 Å². The van der Waals surface area contributed by atoms with Crippen molar-refractivity contribution in [1.82, 2.24) is 4.98 Å². The molecule has 3 rings (SSSR count). The number of nitrogens with one attached hydrogen (secondary N) is 1. The average Bonchev–Trinajstić information content (AvgIpc) is 3.02. The molecule has 0 spiro atoms. The number of hydrogen-bond acceptors (Lipinski definition) is 6. The normalized spacial score (nSPS) is 10.6. The summed E-state index contributed by atoms with van der Waals surface area (Å²) in [6.07, 6.45) is 0. The van der Waals surface area contributed by atoms with Crippen LogP contribution in [0.2, 0.25) is 0 Å². The average molecular weight is 388 g/mol. The molecule has 0 saturated heterocycles. The molecule has 0 atom stereocenters. The molecular weight excluding hydrogens is 376 g/mol. The highest BCUT2D eigenvalue weighted by molar-refractivity contribution is 8.01. The molecule has 0 unspecified atom stereocenters. The summed E-state index contributed by atoms with van der Waals surface area (Å²) in [5.41, 5.74) is 0.521.